The third-order valence-electron chi connectivity index (χ3n) is 7.04. The number of rotatable bonds is 3. The van der Waals surface area contributed by atoms with Crippen LogP contribution in [0.25, 0.3) is 0 Å². The summed E-state index contributed by atoms with van der Waals surface area (Å²) in [4.78, 5) is 33.5. The Labute approximate surface area is 168 Å². The molecule has 0 aromatic heterocycles. The first kappa shape index (κ1) is 19.2. The van der Waals surface area contributed by atoms with Gasteiger partial charge in [0.15, 0.2) is 0 Å². The van der Waals surface area contributed by atoms with E-state index in [9.17, 15) is 9.59 Å². The van der Waals surface area contributed by atoms with Crippen LogP contribution in [0.15, 0.2) is 24.3 Å². The molecule has 0 N–H and O–H groups in total. The normalized spacial score (nSPS) is 28.4. The van der Waals surface area contributed by atoms with Crippen molar-refractivity contribution in [1.82, 2.24) is 14.7 Å². The Kier molecular flexibility index (Phi) is 5.32. The minimum atomic E-state index is 0.0910. The van der Waals surface area contributed by atoms with Gasteiger partial charge in [0, 0.05) is 70.5 Å². The average Bonchev–Trinajstić information content (AvgIpc) is 3.10. The van der Waals surface area contributed by atoms with Gasteiger partial charge in [-0.1, -0.05) is 0 Å². The Hall–Kier alpha value is -2.08. The van der Waals surface area contributed by atoms with Gasteiger partial charge >= 0.3 is 0 Å². The van der Waals surface area contributed by atoms with E-state index in [0.29, 0.717) is 18.3 Å². The number of carbonyl (C=O) groups excluding carboxylic acids is 2. The lowest BCUT2D eigenvalue weighted by atomic mass is 9.88. The van der Waals surface area contributed by atoms with E-state index in [-0.39, 0.29) is 17.9 Å². The predicted molar refractivity (Wildman–Crippen MR) is 111 cm³/mol. The molecule has 1 aromatic carbocycles. The quantitative estimate of drug-likeness (QED) is 0.797. The highest BCUT2D eigenvalue weighted by molar-refractivity contribution is 5.94. The summed E-state index contributed by atoms with van der Waals surface area (Å²) in [7, 11) is 5.97. The fraction of sp³-hybridized carbons (Fsp3) is 0.636. The minimum absolute atomic E-state index is 0.0910. The third kappa shape index (κ3) is 3.75. The Morgan fingerprint density at radius 3 is 2.32 bits per heavy atom. The molecular formula is C22H32N4O2. The first-order chi connectivity index (χ1) is 13.4. The largest absolute Gasteiger partial charge is 0.369 e. The van der Waals surface area contributed by atoms with Crippen LogP contribution in [0.4, 0.5) is 5.69 Å². The van der Waals surface area contributed by atoms with E-state index in [4.69, 9.17) is 0 Å². The zero-order chi connectivity index (χ0) is 19.8. The number of benzene rings is 1. The van der Waals surface area contributed by atoms with Crippen molar-refractivity contribution in [2.45, 2.75) is 25.3 Å². The molecule has 0 spiro atoms. The Morgan fingerprint density at radius 1 is 1.00 bits per heavy atom. The van der Waals surface area contributed by atoms with Crippen LogP contribution in [-0.2, 0) is 4.79 Å². The van der Waals surface area contributed by atoms with Crippen molar-refractivity contribution in [2.24, 2.45) is 11.8 Å². The number of piperidine rings is 1. The number of hydrogen-bond donors (Lipinski definition) is 0. The fourth-order valence-electron chi connectivity index (χ4n) is 5.05. The summed E-state index contributed by atoms with van der Waals surface area (Å²) >= 11 is 0. The van der Waals surface area contributed by atoms with Gasteiger partial charge in [-0.25, -0.2) is 0 Å². The molecule has 3 aliphatic rings. The Balaban J connectivity index is 1.38. The number of anilines is 1. The average molecular weight is 385 g/mol. The highest BCUT2D eigenvalue weighted by Crippen LogP contribution is 2.40. The molecule has 2 saturated heterocycles. The van der Waals surface area contributed by atoms with Crippen LogP contribution in [0.5, 0.6) is 0 Å². The maximum Gasteiger partial charge on any atom is 0.253 e. The lowest BCUT2D eigenvalue weighted by molar-refractivity contribution is -0.134. The highest BCUT2D eigenvalue weighted by atomic mass is 16.2. The molecule has 2 heterocycles. The second kappa shape index (κ2) is 7.74. The number of likely N-dealkylation sites (tertiary alicyclic amines) is 1. The standard InChI is InChI=1S/C22H32N4O2/c1-23-8-10-26(11-9-23)19-6-4-16(5-7-19)22(28)25(3)20-12-17-14-21(27)24(2)15-18(17)13-20/h4-7,17-18,20H,8-15H2,1-3H3/t17-,18+,20-/m0/s1. The molecule has 0 bridgehead atoms. The van der Waals surface area contributed by atoms with Gasteiger partial charge in [-0.3, -0.25) is 9.59 Å². The molecule has 1 aliphatic carbocycles. The van der Waals surface area contributed by atoms with Gasteiger partial charge in [0.05, 0.1) is 0 Å². The van der Waals surface area contributed by atoms with Crippen LogP contribution < -0.4 is 4.90 Å². The molecule has 3 fully saturated rings. The smallest absolute Gasteiger partial charge is 0.253 e. The van der Waals surface area contributed by atoms with Gasteiger partial charge in [-0.15, -0.1) is 0 Å². The molecule has 0 unspecified atom stereocenters. The number of amides is 2. The van der Waals surface area contributed by atoms with E-state index >= 15 is 0 Å². The molecule has 152 valence electrons. The molecular weight excluding hydrogens is 352 g/mol. The zero-order valence-electron chi connectivity index (χ0n) is 17.3. The number of fused-ring (bicyclic) bond motifs is 1. The molecule has 2 amide bonds. The topological polar surface area (TPSA) is 47.1 Å². The van der Waals surface area contributed by atoms with Crippen LogP contribution in [0.3, 0.4) is 0 Å². The lowest BCUT2D eigenvalue weighted by Gasteiger charge is -2.34. The Morgan fingerprint density at radius 2 is 1.64 bits per heavy atom. The van der Waals surface area contributed by atoms with Crippen LogP contribution in [-0.4, -0.2) is 86.4 Å². The molecule has 0 radical (unpaired) electrons. The second-order valence-corrected chi connectivity index (χ2v) is 8.88. The SMILES string of the molecule is CN1CCN(c2ccc(C(=O)N(C)[C@H]3C[C@H]4CC(=O)N(C)C[C@H]4C3)cc2)CC1. The first-order valence-corrected chi connectivity index (χ1v) is 10.5. The number of hydrogen-bond acceptors (Lipinski definition) is 4. The zero-order valence-corrected chi connectivity index (χ0v) is 17.3. The van der Waals surface area contributed by atoms with Gasteiger partial charge in [-0.2, -0.15) is 0 Å². The van der Waals surface area contributed by atoms with E-state index in [1.807, 2.05) is 36.0 Å². The van der Waals surface area contributed by atoms with E-state index in [0.717, 1.165) is 51.1 Å². The lowest BCUT2D eigenvalue weighted by Crippen LogP contribution is -2.44. The number of likely N-dealkylation sites (N-methyl/N-ethyl adjacent to an activating group) is 1. The van der Waals surface area contributed by atoms with E-state index in [2.05, 4.69) is 29.0 Å². The summed E-state index contributed by atoms with van der Waals surface area (Å²) in [6.07, 6.45) is 2.59. The van der Waals surface area contributed by atoms with Crippen LogP contribution in [0, 0.1) is 11.8 Å². The van der Waals surface area contributed by atoms with Crippen molar-refractivity contribution in [3.63, 3.8) is 0 Å². The summed E-state index contributed by atoms with van der Waals surface area (Å²) in [6.45, 7) is 5.04. The molecule has 6 nitrogen and oxygen atoms in total. The molecule has 3 atom stereocenters. The summed E-state index contributed by atoms with van der Waals surface area (Å²) in [5.74, 6) is 1.30. The van der Waals surface area contributed by atoms with E-state index < -0.39 is 0 Å². The maximum absolute atomic E-state index is 13.0. The molecule has 1 aromatic rings. The minimum Gasteiger partial charge on any atom is -0.369 e. The van der Waals surface area contributed by atoms with Crippen molar-refractivity contribution in [1.29, 1.82) is 0 Å². The van der Waals surface area contributed by atoms with Crippen LogP contribution in [0.1, 0.15) is 29.6 Å². The van der Waals surface area contributed by atoms with Crippen molar-refractivity contribution < 1.29 is 9.59 Å². The predicted octanol–water partition coefficient (Wildman–Crippen LogP) is 1.77. The highest BCUT2D eigenvalue weighted by Gasteiger charge is 2.42. The summed E-state index contributed by atoms with van der Waals surface area (Å²) < 4.78 is 0. The van der Waals surface area contributed by atoms with Gasteiger partial charge in [-0.05, 0) is 56.0 Å². The molecule has 6 heteroatoms. The number of nitrogens with zero attached hydrogens (tertiary/aromatic N) is 4. The monoisotopic (exact) mass is 384 g/mol. The van der Waals surface area contributed by atoms with E-state index in [1.54, 1.807) is 0 Å². The number of piperazine rings is 1. The van der Waals surface area contributed by atoms with Gasteiger partial charge in [0.25, 0.3) is 5.91 Å². The Bertz CT molecular complexity index is 727. The van der Waals surface area contributed by atoms with E-state index in [1.165, 1.54) is 5.69 Å². The van der Waals surface area contributed by atoms with Gasteiger partial charge in [0.1, 0.15) is 0 Å². The maximum atomic E-state index is 13.0. The summed E-state index contributed by atoms with van der Waals surface area (Å²) in [5.41, 5.74) is 1.95. The first-order valence-electron chi connectivity index (χ1n) is 10.5. The molecule has 28 heavy (non-hydrogen) atoms. The molecule has 4 rings (SSSR count). The van der Waals surface area contributed by atoms with Crippen molar-refractivity contribution in [3.05, 3.63) is 29.8 Å². The fourth-order valence-corrected chi connectivity index (χ4v) is 5.05. The van der Waals surface area contributed by atoms with Crippen LogP contribution in [0.2, 0.25) is 0 Å². The van der Waals surface area contributed by atoms with Gasteiger partial charge in [0.2, 0.25) is 5.91 Å². The van der Waals surface area contributed by atoms with Crippen molar-refractivity contribution in [3.8, 4) is 0 Å². The second-order valence-electron chi connectivity index (χ2n) is 8.88. The van der Waals surface area contributed by atoms with Crippen molar-refractivity contribution >= 4 is 17.5 Å². The van der Waals surface area contributed by atoms with Crippen molar-refractivity contribution in [2.75, 3.05) is 58.8 Å². The summed E-state index contributed by atoms with van der Waals surface area (Å²) in [6, 6.07) is 8.32. The molecule has 1 saturated carbocycles. The summed E-state index contributed by atoms with van der Waals surface area (Å²) in [5, 5.41) is 0. The molecule has 2 aliphatic heterocycles. The number of carbonyl (C=O) groups is 2. The third-order valence-corrected chi connectivity index (χ3v) is 7.04. The van der Waals surface area contributed by atoms with Crippen LogP contribution >= 0.6 is 0 Å². The van der Waals surface area contributed by atoms with Gasteiger partial charge < -0.3 is 19.6 Å².